The largest absolute Gasteiger partial charge is 0.480 e. The molecule has 0 aliphatic carbocycles. The van der Waals surface area contributed by atoms with Crippen molar-refractivity contribution in [2.24, 2.45) is 0 Å². The molecular weight excluding hydrogens is 327 g/mol. The van der Waals surface area contributed by atoms with E-state index < -0.39 is 36.5 Å². The number of thioether (sulfide) groups is 1. The average Bonchev–Trinajstić information content (AvgIpc) is 2.27. The molecular formula is C12H20F3NO5S. The first kappa shape index (κ1) is 20.8. The van der Waals surface area contributed by atoms with E-state index in [9.17, 15) is 22.8 Å². The number of carbonyl (C=O) groups is 2. The molecule has 0 saturated heterocycles. The highest BCUT2D eigenvalue weighted by molar-refractivity contribution is 7.99. The SMILES string of the molecule is CC(C)(C)OC(=O)NC(CCSCOCC(F)(F)F)C(=O)O. The molecule has 1 amide bonds. The maximum atomic E-state index is 11.8. The van der Waals surface area contributed by atoms with Crippen LogP contribution in [0.3, 0.4) is 0 Å². The van der Waals surface area contributed by atoms with Gasteiger partial charge in [-0.25, -0.2) is 9.59 Å². The molecule has 0 radical (unpaired) electrons. The second-order valence-corrected chi connectivity index (χ2v) is 6.37. The van der Waals surface area contributed by atoms with Gasteiger partial charge in [0, 0.05) is 0 Å². The smallest absolute Gasteiger partial charge is 0.411 e. The van der Waals surface area contributed by atoms with Crippen molar-refractivity contribution in [3.8, 4) is 0 Å². The van der Waals surface area contributed by atoms with E-state index in [2.05, 4.69) is 10.1 Å². The number of hydrogen-bond donors (Lipinski definition) is 2. The van der Waals surface area contributed by atoms with E-state index in [0.29, 0.717) is 0 Å². The summed E-state index contributed by atoms with van der Waals surface area (Å²) in [5.41, 5.74) is -0.757. The second-order valence-electron chi connectivity index (χ2n) is 5.32. The van der Waals surface area contributed by atoms with Gasteiger partial charge in [0.1, 0.15) is 18.2 Å². The minimum atomic E-state index is -4.39. The second kappa shape index (κ2) is 9.09. The topological polar surface area (TPSA) is 84.9 Å². The van der Waals surface area contributed by atoms with Gasteiger partial charge in [0.2, 0.25) is 0 Å². The van der Waals surface area contributed by atoms with E-state index >= 15 is 0 Å². The summed E-state index contributed by atoms with van der Waals surface area (Å²) in [6.45, 7) is 3.56. The van der Waals surface area contributed by atoms with Crippen molar-refractivity contribution in [1.29, 1.82) is 0 Å². The fourth-order valence-electron chi connectivity index (χ4n) is 1.18. The van der Waals surface area contributed by atoms with Crippen LogP contribution in [-0.2, 0) is 14.3 Å². The summed E-state index contributed by atoms with van der Waals surface area (Å²) in [7, 11) is 0. The Labute approximate surface area is 130 Å². The molecule has 0 spiro atoms. The monoisotopic (exact) mass is 347 g/mol. The molecule has 0 rings (SSSR count). The van der Waals surface area contributed by atoms with Crippen LogP contribution < -0.4 is 5.32 Å². The molecule has 0 aromatic carbocycles. The van der Waals surface area contributed by atoms with Crippen molar-refractivity contribution in [3.63, 3.8) is 0 Å². The van der Waals surface area contributed by atoms with Gasteiger partial charge in [0.15, 0.2) is 0 Å². The van der Waals surface area contributed by atoms with Gasteiger partial charge >= 0.3 is 18.2 Å². The summed E-state index contributed by atoms with van der Waals surface area (Å²) in [4.78, 5) is 22.5. The maximum absolute atomic E-state index is 11.8. The van der Waals surface area contributed by atoms with Crippen molar-refractivity contribution in [2.75, 3.05) is 18.3 Å². The number of halogens is 3. The molecule has 0 aliphatic heterocycles. The number of alkyl carbamates (subject to hydrolysis) is 1. The number of hydrogen-bond acceptors (Lipinski definition) is 5. The van der Waals surface area contributed by atoms with Gasteiger partial charge in [-0.05, 0) is 32.9 Å². The third kappa shape index (κ3) is 12.6. The Hall–Kier alpha value is -1.16. The minimum Gasteiger partial charge on any atom is -0.480 e. The first-order valence-corrected chi connectivity index (χ1v) is 7.51. The van der Waals surface area contributed by atoms with Crippen LogP contribution in [0, 0.1) is 0 Å². The molecule has 130 valence electrons. The number of amides is 1. The number of rotatable bonds is 8. The molecule has 6 nitrogen and oxygen atoms in total. The Morgan fingerprint density at radius 1 is 1.27 bits per heavy atom. The molecule has 0 fully saturated rings. The number of carboxylic acids is 1. The lowest BCUT2D eigenvalue weighted by molar-refractivity contribution is -0.168. The summed E-state index contributed by atoms with van der Waals surface area (Å²) >= 11 is 1.00. The van der Waals surface area contributed by atoms with E-state index in [0.717, 1.165) is 11.8 Å². The summed E-state index contributed by atoms with van der Waals surface area (Å²) < 4.78 is 44.7. The summed E-state index contributed by atoms with van der Waals surface area (Å²) in [5.74, 6) is -1.24. The van der Waals surface area contributed by atoms with Crippen LogP contribution in [0.15, 0.2) is 0 Å². The average molecular weight is 347 g/mol. The van der Waals surface area contributed by atoms with Crippen molar-refractivity contribution in [1.82, 2.24) is 5.32 Å². The molecule has 0 aliphatic rings. The molecule has 1 atom stereocenters. The Bertz CT molecular complexity index is 371. The minimum absolute atomic E-state index is 0.0363. The lowest BCUT2D eigenvalue weighted by Crippen LogP contribution is -2.43. The summed E-state index contributed by atoms with van der Waals surface area (Å²) in [5, 5.41) is 11.2. The molecule has 0 aromatic heterocycles. The Morgan fingerprint density at radius 3 is 2.32 bits per heavy atom. The summed E-state index contributed by atoms with van der Waals surface area (Å²) in [6, 6.07) is -1.18. The van der Waals surface area contributed by atoms with Gasteiger partial charge in [-0.2, -0.15) is 13.2 Å². The van der Waals surface area contributed by atoms with Crippen LogP contribution in [0.4, 0.5) is 18.0 Å². The van der Waals surface area contributed by atoms with Gasteiger partial charge in [-0.3, -0.25) is 0 Å². The molecule has 0 bridgehead atoms. The van der Waals surface area contributed by atoms with E-state index in [1.54, 1.807) is 20.8 Å². The van der Waals surface area contributed by atoms with Gasteiger partial charge < -0.3 is 19.9 Å². The molecule has 22 heavy (non-hydrogen) atoms. The third-order valence-corrected chi connectivity index (χ3v) is 2.83. The lowest BCUT2D eigenvalue weighted by atomic mass is 10.2. The van der Waals surface area contributed by atoms with E-state index in [4.69, 9.17) is 9.84 Å². The first-order chi connectivity index (χ1) is 9.91. The normalized spacial score (nSPS) is 13.5. The summed E-state index contributed by atoms with van der Waals surface area (Å²) in [6.07, 6.45) is -5.21. The number of alkyl halides is 3. The van der Waals surface area contributed by atoms with Crippen LogP contribution in [0.1, 0.15) is 27.2 Å². The van der Waals surface area contributed by atoms with Crippen molar-refractivity contribution < 1.29 is 37.3 Å². The predicted molar refractivity (Wildman–Crippen MR) is 74.7 cm³/mol. The van der Waals surface area contributed by atoms with Crippen LogP contribution in [-0.4, -0.2) is 53.3 Å². The van der Waals surface area contributed by atoms with Crippen LogP contribution >= 0.6 is 11.8 Å². The van der Waals surface area contributed by atoms with Gasteiger partial charge in [0.25, 0.3) is 0 Å². The van der Waals surface area contributed by atoms with Crippen molar-refractivity contribution >= 4 is 23.8 Å². The highest BCUT2D eigenvalue weighted by Crippen LogP contribution is 2.16. The lowest BCUT2D eigenvalue weighted by Gasteiger charge is -2.21. The van der Waals surface area contributed by atoms with Gasteiger partial charge in [-0.15, -0.1) is 11.8 Å². The Balaban J connectivity index is 4.01. The predicted octanol–water partition coefficient (Wildman–Crippen LogP) is 2.62. The molecule has 10 heteroatoms. The highest BCUT2D eigenvalue weighted by atomic mass is 32.2. The quantitative estimate of drug-likeness (QED) is 0.519. The molecule has 2 N–H and O–H groups in total. The zero-order valence-electron chi connectivity index (χ0n) is 12.5. The van der Waals surface area contributed by atoms with Crippen molar-refractivity contribution in [2.45, 2.75) is 45.0 Å². The van der Waals surface area contributed by atoms with Crippen LogP contribution in [0.25, 0.3) is 0 Å². The number of carboxylic acid groups (broad SMARTS) is 1. The Kier molecular flexibility index (Phi) is 8.61. The van der Waals surface area contributed by atoms with Gasteiger partial charge in [0.05, 0.1) is 5.94 Å². The molecule has 0 saturated carbocycles. The van der Waals surface area contributed by atoms with Crippen molar-refractivity contribution in [3.05, 3.63) is 0 Å². The third-order valence-electron chi connectivity index (χ3n) is 1.97. The van der Waals surface area contributed by atoms with E-state index in [-0.39, 0.29) is 18.1 Å². The van der Waals surface area contributed by atoms with Crippen LogP contribution in [0.5, 0.6) is 0 Å². The highest BCUT2D eigenvalue weighted by Gasteiger charge is 2.27. The number of ether oxygens (including phenoxy) is 2. The van der Waals surface area contributed by atoms with E-state index in [1.807, 2.05) is 0 Å². The first-order valence-electron chi connectivity index (χ1n) is 6.35. The molecule has 1 unspecified atom stereocenters. The zero-order chi connectivity index (χ0) is 17.4. The number of aliphatic carboxylic acids is 1. The molecule has 0 heterocycles. The zero-order valence-corrected chi connectivity index (χ0v) is 13.3. The fourth-order valence-corrected chi connectivity index (χ4v) is 1.91. The molecule has 0 aromatic rings. The van der Waals surface area contributed by atoms with E-state index in [1.165, 1.54) is 0 Å². The maximum Gasteiger partial charge on any atom is 0.411 e. The number of carbonyl (C=O) groups excluding carboxylic acids is 1. The van der Waals surface area contributed by atoms with Crippen LogP contribution in [0.2, 0.25) is 0 Å². The number of nitrogens with one attached hydrogen (secondary N) is 1. The fraction of sp³-hybridized carbons (Fsp3) is 0.833. The Morgan fingerprint density at radius 2 is 1.86 bits per heavy atom. The van der Waals surface area contributed by atoms with Gasteiger partial charge in [-0.1, -0.05) is 0 Å². The standard InChI is InChI=1S/C12H20F3NO5S/c1-11(2,3)21-10(19)16-8(9(17)18)4-5-22-7-20-6-12(13,14)15/h8H,4-7H2,1-3H3,(H,16,19)(H,17,18).